The Labute approximate surface area is 280 Å². The first kappa shape index (κ1) is 30.0. The molecule has 0 radical (unpaired) electrons. The fourth-order valence-electron chi connectivity index (χ4n) is 5.47. The smallest absolute Gasteiger partial charge is 0.187 e. The normalized spacial score (nSPS) is 10.5. The highest BCUT2D eigenvalue weighted by Crippen LogP contribution is 2.30. The molecular weight excluding hydrogens is 585 g/mol. The quantitative estimate of drug-likeness (QED) is 0.175. The summed E-state index contributed by atoms with van der Waals surface area (Å²) in [6.07, 6.45) is 0. The summed E-state index contributed by atoms with van der Waals surface area (Å²) in [5.74, 6) is 1.91. The third-order valence-electron chi connectivity index (χ3n) is 8.03. The van der Waals surface area contributed by atoms with Crippen molar-refractivity contribution in [3.05, 3.63) is 193 Å². The van der Waals surface area contributed by atoms with E-state index in [9.17, 15) is 0 Å². The Morgan fingerprint density at radius 1 is 0.292 bits per heavy atom. The minimum absolute atomic E-state index is 0.627. The minimum Gasteiger partial charge on any atom is -0.238 e. The zero-order chi connectivity index (χ0) is 32.5. The average molecular weight is 615 g/mol. The lowest BCUT2D eigenvalue weighted by Gasteiger charge is -2.09. The van der Waals surface area contributed by atoms with Gasteiger partial charge in [0.2, 0.25) is 0 Å². The van der Waals surface area contributed by atoms with Crippen LogP contribution in [0.2, 0.25) is 0 Å². The lowest BCUT2D eigenvalue weighted by molar-refractivity contribution is 1.07. The molecule has 7 rings (SSSR count). The van der Waals surface area contributed by atoms with Crippen molar-refractivity contribution in [2.24, 2.45) is 0 Å². The molecule has 48 heavy (non-hydrogen) atoms. The van der Waals surface area contributed by atoms with Crippen molar-refractivity contribution in [3.63, 3.8) is 0 Å². The van der Waals surface area contributed by atoms with E-state index >= 15 is 0 Å². The first-order chi connectivity index (χ1) is 23.7. The van der Waals surface area contributed by atoms with E-state index in [-0.39, 0.29) is 0 Å². The zero-order valence-corrected chi connectivity index (χ0v) is 26.1. The molecule has 0 saturated heterocycles. The molecule has 0 amide bonds. The van der Waals surface area contributed by atoms with Crippen molar-refractivity contribution in [1.29, 1.82) is 0 Å². The Morgan fingerprint density at radius 2 is 0.562 bits per heavy atom. The van der Waals surface area contributed by atoms with Crippen LogP contribution in [0.5, 0.6) is 0 Å². The Kier molecular flexibility index (Phi) is 8.84. The summed E-state index contributed by atoms with van der Waals surface area (Å²) in [5.41, 5.74) is 10.0. The van der Waals surface area contributed by atoms with Gasteiger partial charge in [-0.05, 0) is 39.4 Å². The summed E-state index contributed by atoms with van der Waals surface area (Å²) < 4.78 is 0. The fraction of sp³-hybridized carbons (Fsp3) is 0. The minimum atomic E-state index is 0.627. The molecule has 1 aromatic heterocycles. The summed E-state index contributed by atoms with van der Waals surface area (Å²) in [6.45, 7) is 7.22. The predicted octanol–water partition coefficient (Wildman–Crippen LogP) is 11.5. The number of hydrogen-bond donors (Lipinski definition) is 0. The summed E-state index contributed by atoms with van der Waals surface area (Å²) in [7, 11) is 0. The van der Waals surface area contributed by atoms with Crippen molar-refractivity contribution in [2.75, 3.05) is 0 Å². The van der Waals surface area contributed by atoms with Crippen LogP contribution in [0, 0.1) is 6.57 Å². The number of benzene rings is 5. The molecule has 6 aromatic carbocycles. The molecule has 226 valence electrons. The Hall–Kier alpha value is -6.70. The summed E-state index contributed by atoms with van der Waals surface area (Å²) in [6, 6.07) is 61.4. The van der Waals surface area contributed by atoms with Crippen molar-refractivity contribution >= 4 is 5.69 Å². The van der Waals surface area contributed by atoms with Gasteiger partial charge in [0.05, 0.1) is 6.57 Å². The van der Waals surface area contributed by atoms with E-state index in [1.54, 1.807) is 0 Å². The van der Waals surface area contributed by atoms with Crippen molar-refractivity contribution in [3.8, 4) is 67.5 Å². The number of nitrogens with zero attached hydrogens (tertiary/aromatic N) is 4. The van der Waals surface area contributed by atoms with Crippen LogP contribution >= 0.6 is 0 Å². The van der Waals surface area contributed by atoms with Gasteiger partial charge in [0.15, 0.2) is 23.2 Å². The van der Waals surface area contributed by atoms with Gasteiger partial charge >= 0.3 is 0 Å². The van der Waals surface area contributed by atoms with Gasteiger partial charge in [-0.2, -0.15) is 0 Å². The first-order valence-corrected chi connectivity index (χ1v) is 15.7. The molecule has 7 aromatic rings. The Balaban J connectivity index is 1.25. The lowest BCUT2D eigenvalue weighted by Crippen LogP contribution is -2.00. The van der Waals surface area contributed by atoms with Crippen LogP contribution < -0.4 is 0 Å². The standard InChI is InChI=1S/C44H30N4/c1-45-41-29-27-33(28-30-41)32-19-21-34(22-20-32)39-17-7-3-2-4-8-18-40(31-39)35-23-25-38(26-24-35)44-47-42(36-13-9-5-10-14-36)46-43(48-44)37-15-11-6-12-16-37/h2-31H. The molecule has 0 unspecified atom stereocenters. The van der Waals surface area contributed by atoms with Crippen molar-refractivity contribution < 1.29 is 0 Å². The largest absolute Gasteiger partial charge is 0.238 e. The van der Waals surface area contributed by atoms with Gasteiger partial charge in [0.25, 0.3) is 0 Å². The third kappa shape index (κ3) is 6.92. The van der Waals surface area contributed by atoms with Crippen LogP contribution in [0.1, 0.15) is 0 Å². The van der Waals surface area contributed by atoms with Crippen LogP contribution in [0.25, 0.3) is 72.4 Å². The van der Waals surface area contributed by atoms with E-state index in [0.29, 0.717) is 23.2 Å². The first-order valence-electron chi connectivity index (χ1n) is 15.7. The van der Waals surface area contributed by atoms with E-state index in [0.717, 1.165) is 50.1 Å². The van der Waals surface area contributed by atoms with E-state index in [1.807, 2.05) is 103 Å². The molecule has 4 nitrogen and oxygen atoms in total. The van der Waals surface area contributed by atoms with Gasteiger partial charge < -0.3 is 0 Å². The van der Waals surface area contributed by atoms with Crippen LogP contribution in [0.3, 0.4) is 0 Å². The van der Waals surface area contributed by atoms with Gasteiger partial charge in [-0.3, -0.25) is 0 Å². The van der Waals surface area contributed by atoms with E-state index in [1.165, 1.54) is 0 Å². The predicted molar refractivity (Wildman–Crippen MR) is 196 cm³/mol. The van der Waals surface area contributed by atoms with Crippen molar-refractivity contribution in [2.45, 2.75) is 0 Å². The van der Waals surface area contributed by atoms with E-state index in [2.05, 4.69) is 83.7 Å². The molecule has 0 aliphatic carbocycles. The Bertz CT molecular complexity index is 2200. The molecule has 0 fully saturated rings. The van der Waals surface area contributed by atoms with Gasteiger partial charge in [0, 0.05) is 16.7 Å². The molecule has 4 heteroatoms. The summed E-state index contributed by atoms with van der Waals surface area (Å²) in [5, 5.41) is 0. The third-order valence-corrected chi connectivity index (χ3v) is 8.03. The second-order valence-corrected chi connectivity index (χ2v) is 11.2. The molecule has 0 N–H and O–H groups in total. The molecule has 0 aliphatic heterocycles. The SMILES string of the molecule is [C-]#[N+]c1ccc(-c2ccc(-c3cccccccc(-c4ccc(-c5nc(-c6ccccc6)nc(-c6ccccc6)n5)cc4)c3)cc2)cc1. The van der Waals surface area contributed by atoms with E-state index in [4.69, 9.17) is 21.5 Å². The maximum atomic E-state index is 7.22. The van der Waals surface area contributed by atoms with Gasteiger partial charge in [0.1, 0.15) is 0 Å². The lowest BCUT2D eigenvalue weighted by atomic mass is 9.98. The topological polar surface area (TPSA) is 43.0 Å². The Morgan fingerprint density at radius 3 is 0.958 bits per heavy atom. The number of aromatic nitrogens is 3. The van der Waals surface area contributed by atoms with Crippen LogP contribution in [0.4, 0.5) is 5.69 Å². The molecule has 1 heterocycles. The molecule has 0 atom stereocenters. The highest BCUT2D eigenvalue weighted by Gasteiger charge is 2.12. The average Bonchev–Trinajstić information content (AvgIpc) is 3.17. The van der Waals surface area contributed by atoms with Gasteiger partial charge in [-0.15, -0.1) is 0 Å². The van der Waals surface area contributed by atoms with Gasteiger partial charge in [-0.25, -0.2) is 19.8 Å². The number of hydrogen-bond acceptors (Lipinski definition) is 3. The molecule has 0 aliphatic rings. The highest BCUT2D eigenvalue weighted by atomic mass is 15.0. The van der Waals surface area contributed by atoms with Crippen LogP contribution in [0.15, 0.2) is 182 Å². The summed E-state index contributed by atoms with van der Waals surface area (Å²) in [4.78, 5) is 18.1. The molecule has 0 saturated carbocycles. The highest BCUT2D eigenvalue weighted by molar-refractivity contribution is 5.76. The fourth-order valence-corrected chi connectivity index (χ4v) is 5.47. The molecule has 0 spiro atoms. The van der Waals surface area contributed by atoms with E-state index < -0.39 is 0 Å². The monoisotopic (exact) mass is 614 g/mol. The van der Waals surface area contributed by atoms with Crippen molar-refractivity contribution in [1.82, 2.24) is 15.0 Å². The number of rotatable bonds is 6. The maximum absolute atomic E-state index is 7.22. The zero-order valence-electron chi connectivity index (χ0n) is 26.1. The van der Waals surface area contributed by atoms with Gasteiger partial charge in [-0.1, -0.05) is 176 Å². The van der Waals surface area contributed by atoms with Crippen LogP contribution in [-0.4, -0.2) is 15.0 Å². The maximum Gasteiger partial charge on any atom is 0.187 e. The second-order valence-electron chi connectivity index (χ2n) is 11.2. The van der Waals surface area contributed by atoms with Crippen LogP contribution in [-0.2, 0) is 0 Å². The summed E-state index contributed by atoms with van der Waals surface area (Å²) >= 11 is 0. The molecular formula is C44H30N4. The molecule has 0 bridgehead atoms. The second kappa shape index (κ2) is 14.2.